The number of benzene rings is 1. The van der Waals surface area contributed by atoms with E-state index in [1.807, 2.05) is 42.8 Å². The van der Waals surface area contributed by atoms with Crippen molar-refractivity contribution < 1.29 is 9.84 Å². The van der Waals surface area contributed by atoms with E-state index in [0.29, 0.717) is 0 Å². The Morgan fingerprint density at radius 3 is 2.41 bits per heavy atom. The number of methoxy groups -OCH3 is 1. The normalized spacial score (nSPS) is 10.6. The highest BCUT2D eigenvalue weighted by Gasteiger charge is 2.11. The molecule has 0 radical (unpaired) electrons. The summed E-state index contributed by atoms with van der Waals surface area (Å²) in [5.74, 6) is 1.68. The number of rotatable bonds is 3. The topological polar surface area (TPSA) is 47.3 Å². The average Bonchev–Trinajstić information content (AvgIpc) is 2.64. The summed E-state index contributed by atoms with van der Waals surface area (Å²) in [5.41, 5.74) is 2.72. The molecule has 0 saturated heterocycles. The van der Waals surface area contributed by atoms with Crippen molar-refractivity contribution in [3.05, 3.63) is 35.7 Å². The molecule has 0 fully saturated rings. The van der Waals surface area contributed by atoms with Gasteiger partial charge in [-0.3, -0.25) is 0 Å². The van der Waals surface area contributed by atoms with Gasteiger partial charge in [0, 0.05) is 12.6 Å². The van der Waals surface area contributed by atoms with Gasteiger partial charge in [0.2, 0.25) is 0 Å². The van der Waals surface area contributed by atoms with Crippen LogP contribution < -0.4 is 4.74 Å². The Morgan fingerprint density at radius 1 is 1.29 bits per heavy atom. The fourth-order valence-electron chi connectivity index (χ4n) is 1.89. The van der Waals surface area contributed by atoms with Crippen molar-refractivity contribution in [2.75, 3.05) is 7.11 Å². The maximum atomic E-state index is 9.26. The molecule has 0 aliphatic carbocycles. The van der Waals surface area contributed by atoms with Crippen LogP contribution in [0.25, 0.3) is 11.4 Å². The Morgan fingerprint density at radius 2 is 1.94 bits per heavy atom. The SMILES string of the molecule is COc1ccc(-c2nc(C)c(CO)n2C)cc1. The zero-order valence-corrected chi connectivity index (χ0v) is 10.3. The molecule has 1 aromatic carbocycles. The minimum absolute atomic E-state index is 0.00544. The Bertz CT molecular complexity index is 515. The zero-order chi connectivity index (χ0) is 12.4. The summed E-state index contributed by atoms with van der Waals surface area (Å²) in [6.45, 7) is 1.91. The summed E-state index contributed by atoms with van der Waals surface area (Å²) in [6, 6.07) is 7.72. The van der Waals surface area contributed by atoms with Gasteiger partial charge in [0.1, 0.15) is 11.6 Å². The van der Waals surface area contributed by atoms with Crippen LogP contribution in [0.2, 0.25) is 0 Å². The van der Waals surface area contributed by atoms with Gasteiger partial charge in [0.05, 0.1) is 25.1 Å². The largest absolute Gasteiger partial charge is 0.497 e. The van der Waals surface area contributed by atoms with Crippen molar-refractivity contribution >= 4 is 0 Å². The number of aromatic nitrogens is 2. The maximum Gasteiger partial charge on any atom is 0.140 e. The van der Waals surface area contributed by atoms with Crippen LogP contribution >= 0.6 is 0 Å². The molecule has 4 nitrogen and oxygen atoms in total. The number of imidazole rings is 1. The van der Waals surface area contributed by atoms with Crippen LogP contribution in [-0.4, -0.2) is 21.8 Å². The van der Waals surface area contributed by atoms with Crippen LogP contribution in [0.4, 0.5) is 0 Å². The molecule has 0 atom stereocenters. The molecule has 0 bridgehead atoms. The smallest absolute Gasteiger partial charge is 0.140 e. The summed E-state index contributed by atoms with van der Waals surface area (Å²) >= 11 is 0. The highest BCUT2D eigenvalue weighted by molar-refractivity contribution is 5.58. The van der Waals surface area contributed by atoms with Crippen molar-refractivity contribution in [2.24, 2.45) is 7.05 Å². The van der Waals surface area contributed by atoms with Gasteiger partial charge < -0.3 is 14.4 Å². The van der Waals surface area contributed by atoms with E-state index >= 15 is 0 Å². The number of nitrogens with zero attached hydrogens (tertiary/aromatic N) is 2. The number of aliphatic hydroxyl groups excluding tert-OH is 1. The van der Waals surface area contributed by atoms with Gasteiger partial charge in [-0.25, -0.2) is 4.98 Å². The van der Waals surface area contributed by atoms with Gasteiger partial charge in [-0.15, -0.1) is 0 Å². The summed E-state index contributed by atoms with van der Waals surface area (Å²) < 4.78 is 7.03. The van der Waals surface area contributed by atoms with Gasteiger partial charge in [0.25, 0.3) is 0 Å². The Kier molecular flexibility index (Phi) is 3.15. The second-order valence-corrected chi connectivity index (χ2v) is 3.91. The molecule has 0 aliphatic rings. The zero-order valence-electron chi connectivity index (χ0n) is 10.3. The van der Waals surface area contributed by atoms with Crippen molar-refractivity contribution in [1.29, 1.82) is 0 Å². The summed E-state index contributed by atoms with van der Waals surface area (Å²) in [6.07, 6.45) is 0. The molecule has 17 heavy (non-hydrogen) atoms. The second-order valence-electron chi connectivity index (χ2n) is 3.91. The first kappa shape index (κ1) is 11.7. The van der Waals surface area contributed by atoms with E-state index in [1.165, 1.54) is 0 Å². The fraction of sp³-hybridized carbons (Fsp3) is 0.308. The van der Waals surface area contributed by atoms with E-state index in [1.54, 1.807) is 7.11 Å². The van der Waals surface area contributed by atoms with Gasteiger partial charge in [-0.05, 0) is 31.2 Å². The maximum absolute atomic E-state index is 9.26. The van der Waals surface area contributed by atoms with Gasteiger partial charge >= 0.3 is 0 Å². The first-order valence-corrected chi connectivity index (χ1v) is 5.45. The van der Waals surface area contributed by atoms with Crippen LogP contribution in [0.15, 0.2) is 24.3 Å². The van der Waals surface area contributed by atoms with E-state index in [-0.39, 0.29) is 6.61 Å². The number of hydrogen-bond acceptors (Lipinski definition) is 3. The number of aliphatic hydroxyl groups is 1. The molecule has 0 unspecified atom stereocenters. The highest BCUT2D eigenvalue weighted by Crippen LogP contribution is 2.23. The van der Waals surface area contributed by atoms with Crippen molar-refractivity contribution in [2.45, 2.75) is 13.5 Å². The summed E-state index contributed by atoms with van der Waals surface area (Å²) in [7, 11) is 3.55. The lowest BCUT2D eigenvalue weighted by molar-refractivity contribution is 0.272. The molecule has 0 saturated carbocycles. The lowest BCUT2D eigenvalue weighted by Crippen LogP contribution is -1.99. The number of hydrogen-bond donors (Lipinski definition) is 1. The molecular formula is C13H16N2O2. The van der Waals surface area contributed by atoms with Crippen molar-refractivity contribution in [3.63, 3.8) is 0 Å². The summed E-state index contributed by atoms with van der Waals surface area (Å²) in [4.78, 5) is 4.47. The molecule has 1 aromatic heterocycles. The van der Waals surface area contributed by atoms with Crippen LogP contribution in [0.3, 0.4) is 0 Å². The second kappa shape index (κ2) is 4.59. The standard InChI is InChI=1S/C13H16N2O2/c1-9-12(8-16)15(2)13(14-9)10-4-6-11(17-3)7-5-10/h4-7,16H,8H2,1-3H3. The van der Waals surface area contributed by atoms with E-state index in [9.17, 15) is 5.11 Å². The van der Waals surface area contributed by atoms with E-state index in [0.717, 1.165) is 28.5 Å². The van der Waals surface area contributed by atoms with Crippen molar-refractivity contribution in [3.8, 4) is 17.1 Å². The molecular weight excluding hydrogens is 216 g/mol. The van der Waals surface area contributed by atoms with Crippen LogP contribution in [0.5, 0.6) is 5.75 Å². The molecule has 2 aromatic rings. The minimum atomic E-state index is 0.00544. The molecule has 0 aliphatic heterocycles. The molecule has 1 N–H and O–H groups in total. The third kappa shape index (κ3) is 2.03. The molecule has 0 spiro atoms. The highest BCUT2D eigenvalue weighted by atomic mass is 16.5. The van der Waals surface area contributed by atoms with Crippen LogP contribution in [0, 0.1) is 6.92 Å². The molecule has 4 heteroatoms. The van der Waals surface area contributed by atoms with Gasteiger partial charge in [-0.1, -0.05) is 0 Å². The molecule has 0 amide bonds. The molecule has 1 heterocycles. The minimum Gasteiger partial charge on any atom is -0.497 e. The van der Waals surface area contributed by atoms with E-state index in [2.05, 4.69) is 4.98 Å². The predicted molar refractivity (Wildman–Crippen MR) is 65.9 cm³/mol. The van der Waals surface area contributed by atoms with Gasteiger partial charge in [0.15, 0.2) is 0 Å². The lowest BCUT2D eigenvalue weighted by Gasteiger charge is -2.05. The first-order chi connectivity index (χ1) is 8.17. The van der Waals surface area contributed by atoms with E-state index in [4.69, 9.17) is 4.74 Å². The monoisotopic (exact) mass is 232 g/mol. The Labute approximate surface area is 100 Å². The quantitative estimate of drug-likeness (QED) is 0.879. The molecule has 90 valence electrons. The summed E-state index contributed by atoms with van der Waals surface area (Å²) in [5, 5.41) is 9.26. The Hall–Kier alpha value is -1.81. The van der Waals surface area contributed by atoms with Gasteiger partial charge in [-0.2, -0.15) is 0 Å². The third-order valence-electron chi connectivity index (χ3n) is 2.91. The Balaban J connectivity index is 2.45. The van der Waals surface area contributed by atoms with Crippen LogP contribution in [-0.2, 0) is 13.7 Å². The third-order valence-corrected chi connectivity index (χ3v) is 2.91. The van der Waals surface area contributed by atoms with E-state index < -0.39 is 0 Å². The number of aryl methyl sites for hydroxylation is 1. The average molecular weight is 232 g/mol. The van der Waals surface area contributed by atoms with Crippen molar-refractivity contribution in [1.82, 2.24) is 9.55 Å². The van der Waals surface area contributed by atoms with Crippen LogP contribution in [0.1, 0.15) is 11.4 Å². The lowest BCUT2D eigenvalue weighted by atomic mass is 10.2. The first-order valence-electron chi connectivity index (χ1n) is 5.45. The molecule has 2 rings (SSSR count). The fourth-order valence-corrected chi connectivity index (χ4v) is 1.89. The number of ether oxygens (including phenoxy) is 1. The predicted octanol–water partition coefficient (Wildman–Crippen LogP) is 1.90.